The van der Waals surface area contributed by atoms with E-state index in [0.29, 0.717) is 5.56 Å². The third-order valence-corrected chi connectivity index (χ3v) is 1.69. The highest BCUT2D eigenvalue weighted by Gasteiger charge is 2.06. The summed E-state index contributed by atoms with van der Waals surface area (Å²) >= 11 is 0. The van der Waals surface area contributed by atoms with Crippen LogP contribution in [0.5, 0.6) is 0 Å². The number of nitrogens with two attached hydrogens (primary N) is 1. The summed E-state index contributed by atoms with van der Waals surface area (Å²) < 4.78 is 13.1. The molecular weight excluding hydrogens is 173 g/mol. The van der Waals surface area contributed by atoms with Gasteiger partial charge in [0.15, 0.2) is 0 Å². The van der Waals surface area contributed by atoms with Crippen LogP contribution in [0.25, 0.3) is 0 Å². The fraction of sp³-hybridized carbons (Fsp3) is 0.222. The number of benzene rings is 1. The van der Waals surface area contributed by atoms with Crippen molar-refractivity contribution in [2.45, 2.75) is 13.0 Å². The zero-order chi connectivity index (χ0) is 9.84. The molecule has 0 spiro atoms. The van der Waals surface area contributed by atoms with Crippen molar-refractivity contribution in [3.05, 3.63) is 35.1 Å². The standard InChI is InChI=1S/C9H10FNO2/c10-8-3-6(5-11)1-2-7(8)4-9(12)13/h1-3H,4-5,11H2,(H,12,13). The topological polar surface area (TPSA) is 63.3 Å². The summed E-state index contributed by atoms with van der Waals surface area (Å²) in [4.78, 5) is 10.3. The maximum Gasteiger partial charge on any atom is 0.307 e. The average Bonchev–Trinajstić information content (AvgIpc) is 2.08. The highest BCUT2D eigenvalue weighted by molar-refractivity contribution is 5.70. The van der Waals surface area contributed by atoms with E-state index in [4.69, 9.17) is 10.8 Å². The van der Waals surface area contributed by atoms with E-state index in [1.807, 2.05) is 0 Å². The number of carboxylic acid groups (broad SMARTS) is 1. The fourth-order valence-electron chi connectivity index (χ4n) is 1.02. The Morgan fingerprint density at radius 1 is 1.54 bits per heavy atom. The molecule has 4 heteroatoms. The van der Waals surface area contributed by atoms with Crippen molar-refractivity contribution in [3.8, 4) is 0 Å². The predicted molar refractivity (Wildman–Crippen MR) is 45.6 cm³/mol. The smallest absolute Gasteiger partial charge is 0.307 e. The molecule has 0 bridgehead atoms. The molecule has 0 aliphatic heterocycles. The van der Waals surface area contributed by atoms with Crippen molar-refractivity contribution in [3.63, 3.8) is 0 Å². The van der Waals surface area contributed by atoms with Crippen molar-refractivity contribution in [1.82, 2.24) is 0 Å². The first-order valence-corrected chi connectivity index (χ1v) is 3.82. The molecule has 1 aromatic carbocycles. The number of carbonyl (C=O) groups is 1. The molecule has 13 heavy (non-hydrogen) atoms. The van der Waals surface area contributed by atoms with Crippen molar-refractivity contribution in [2.24, 2.45) is 5.73 Å². The van der Waals surface area contributed by atoms with Gasteiger partial charge in [-0.25, -0.2) is 4.39 Å². The van der Waals surface area contributed by atoms with Crippen molar-refractivity contribution >= 4 is 5.97 Å². The van der Waals surface area contributed by atoms with Gasteiger partial charge < -0.3 is 10.8 Å². The van der Waals surface area contributed by atoms with Crippen LogP contribution < -0.4 is 5.73 Å². The Bertz CT molecular complexity index is 325. The summed E-state index contributed by atoms with van der Waals surface area (Å²) in [5, 5.41) is 8.43. The zero-order valence-corrected chi connectivity index (χ0v) is 6.96. The van der Waals surface area contributed by atoms with Gasteiger partial charge in [-0.3, -0.25) is 4.79 Å². The second kappa shape index (κ2) is 4.00. The van der Waals surface area contributed by atoms with E-state index < -0.39 is 11.8 Å². The minimum atomic E-state index is -1.04. The molecule has 0 unspecified atom stereocenters. The lowest BCUT2D eigenvalue weighted by atomic mass is 10.1. The Labute approximate surface area is 75.0 Å². The average molecular weight is 183 g/mol. The molecule has 0 amide bonds. The van der Waals surface area contributed by atoms with E-state index in [0.717, 1.165) is 0 Å². The normalized spacial score (nSPS) is 10.0. The summed E-state index contributed by atoms with van der Waals surface area (Å²) in [6, 6.07) is 4.34. The van der Waals surface area contributed by atoms with Gasteiger partial charge in [0.2, 0.25) is 0 Å². The maximum atomic E-state index is 13.1. The number of hydrogen-bond acceptors (Lipinski definition) is 2. The Kier molecular flexibility index (Phi) is 2.97. The minimum absolute atomic E-state index is 0.185. The quantitative estimate of drug-likeness (QED) is 0.732. The molecule has 0 aromatic heterocycles. The van der Waals surface area contributed by atoms with Gasteiger partial charge in [-0.1, -0.05) is 12.1 Å². The van der Waals surface area contributed by atoms with Gasteiger partial charge in [0.05, 0.1) is 6.42 Å². The fourth-order valence-corrected chi connectivity index (χ4v) is 1.02. The first kappa shape index (κ1) is 9.67. The number of aliphatic carboxylic acids is 1. The Morgan fingerprint density at radius 2 is 2.23 bits per heavy atom. The number of halogens is 1. The molecular formula is C9H10FNO2. The lowest BCUT2D eigenvalue weighted by Crippen LogP contribution is -2.04. The van der Waals surface area contributed by atoms with Crippen molar-refractivity contribution < 1.29 is 14.3 Å². The second-order valence-electron chi connectivity index (χ2n) is 2.70. The van der Waals surface area contributed by atoms with E-state index in [1.54, 1.807) is 6.07 Å². The van der Waals surface area contributed by atoms with Crippen LogP contribution in [0.3, 0.4) is 0 Å². The van der Waals surface area contributed by atoms with Gasteiger partial charge in [0.1, 0.15) is 5.82 Å². The van der Waals surface area contributed by atoms with Gasteiger partial charge in [-0.2, -0.15) is 0 Å². The molecule has 0 heterocycles. The van der Waals surface area contributed by atoms with Crippen LogP contribution in [0.4, 0.5) is 4.39 Å². The van der Waals surface area contributed by atoms with E-state index >= 15 is 0 Å². The van der Waals surface area contributed by atoms with E-state index in [-0.39, 0.29) is 18.5 Å². The van der Waals surface area contributed by atoms with Gasteiger partial charge in [0.25, 0.3) is 0 Å². The van der Waals surface area contributed by atoms with E-state index in [2.05, 4.69) is 0 Å². The second-order valence-corrected chi connectivity index (χ2v) is 2.70. The molecule has 70 valence electrons. The monoisotopic (exact) mass is 183 g/mol. The van der Waals surface area contributed by atoms with Crippen molar-refractivity contribution in [1.29, 1.82) is 0 Å². The van der Waals surface area contributed by atoms with Crippen LogP contribution in [0.1, 0.15) is 11.1 Å². The number of hydrogen-bond donors (Lipinski definition) is 2. The lowest BCUT2D eigenvalue weighted by molar-refractivity contribution is -0.136. The molecule has 0 saturated carbocycles. The van der Waals surface area contributed by atoms with Crippen LogP contribution in [0.15, 0.2) is 18.2 Å². The molecule has 0 atom stereocenters. The van der Waals surface area contributed by atoms with E-state index in [1.165, 1.54) is 12.1 Å². The van der Waals surface area contributed by atoms with Gasteiger partial charge in [-0.15, -0.1) is 0 Å². The number of carboxylic acids is 1. The third kappa shape index (κ3) is 2.52. The Morgan fingerprint density at radius 3 is 2.69 bits per heavy atom. The molecule has 3 nitrogen and oxygen atoms in total. The van der Waals surface area contributed by atoms with E-state index in [9.17, 15) is 9.18 Å². The predicted octanol–water partition coefficient (Wildman–Crippen LogP) is 0.911. The molecule has 0 radical (unpaired) electrons. The molecule has 1 rings (SSSR count). The minimum Gasteiger partial charge on any atom is -0.481 e. The van der Waals surface area contributed by atoms with Gasteiger partial charge >= 0.3 is 5.97 Å². The van der Waals surface area contributed by atoms with Crippen molar-refractivity contribution in [2.75, 3.05) is 0 Å². The lowest BCUT2D eigenvalue weighted by Gasteiger charge is -2.01. The molecule has 3 N–H and O–H groups in total. The molecule has 0 fully saturated rings. The summed E-state index contributed by atoms with van der Waals surface area (Å²) in [5.74, 6) is -1.55. The first-order valence-electron chi connectivity index (χ1n) is 3.82. The van der Waals surface area contributed by atoms with Crippen LogP contribution in [0.2, 0.25) is 0 Å². The third-order valence-electron chi connectivity index (χ3n) is 1.69. The van der Waals surface area contributed by atoms with Crippen LogP contribution in [-0.2, 0) is 17.8 Å². The number of rotatable bonds is 3. The highest BCUT2D eigenvalue weighted by atomic mass is 19.1. The van der Waals surface area contributed by atoms with Gasteiger partial charge in [0, 0.05) is 6.54 Å². The largest absolute Gasteiger partial charge is 0.481 e. The van der Waals surface area contributed by atoms with Crippen LogP contribution in [-0.4, -0.2) is 11.1 Å². The Hall–Kier alpha value is -1.42. The summed E-state index contributed by atoms with van der Waals surface area (Å²) in [5.41, 5.74) is 6.13. The summed E-state index contributed by atoms with van der Waals surface area (Å²) in [7, 11) is 0. The first-order chi connectivity index (χ1) is 6.13. The van der Waals surface area contributed by atoms with Gasteiger partial charge in [-0.05, 0) is 17.2 Å². The SMILES string of the molecule is NCc1ccc(CC(=O)O)c(F)c1. The van der Waals surface area contributed by atoms with Crippen LogP contribution >= 0.6 is 0 Å². The molecule has 0 aliphatic rings. The highest BCUT2D eigenvalue weighted by Crippen LogP contribution is 2.10. The zero-order valence-electron chi connectivity index (χ0n) is 6.96. The molecule has 0 saturated heterocycles. The summed E-state index contributed by atoms with van der Waals surface area (Å²) in [6.07, 6.45) is -0.295. The Balaban J connectivity index is 2.91. The summed E-state index contributed by atoms with van der Waals surface area (Å²) in [6.45, 7) is 0.254. The molecule has 1 aromatic rings. The maximum absolute atomic E-state index is 13.1. The van der Waals surface area contributed by atoms with Crippen LogP contribution in [0, 0.1) is 5.82 Å². The molecule has 0 aliphatic carbocycles.